The Hall–Kier alpha value is -4.52. The summed E-state index contributed by atoms with van der Waals surface area (Å²) in [6, 6.07) is 21.9. The largest absolute Gasteiger partial charge is 0.497 e. The molecule has 0 saturated carbocycles. The van der Waals surface area contributed by atoms with Crippen molar-refractivity contribution in [3.63, 3.8) is 0 Å². The lowest BCUT2D eigenvalue weighted by Gasteiger charge is -2.36. The van der Waals surface area contributed by atoms with Crippen LogP contribution in [0.2, 0.25) is 0 Å². The molecule has 1 aliphatic carbocycles. The summed E-state index contributed by atoms with van der Waals surface area (Å²) < 4.78 is 13.2. The highest BCUT2D eigenvalue weighted by Gasteiger charge is 2.40. The van der Waals surface area contributed by atoms with Gasteiger partial charge in [-0.15, -0.1) is 0 Å². The molecule has 0 saturated heterocycles. The van der Waals surface area contributed by atoms with Gasteiger partial charge >= 0.3 is 0 Å². The van der Waals surface area contributed by atoms with E-state index in [0.29, 0.717) is 12.8 Å². The van der Waals surface area contributed by atoms with Crippen LogP contribution in [0.15, 0.2) is 84.2 Å². The van der Waals surface area contributed by atoms with Gasteiger partial charge in [0.25, 0.3) is 0 Å². The number of rotatable bonds is 4. The van der Waals surface area contributed by atoms with Crippen molar-refractivity contribution in [3.05, 3.63) is 95.3 Å². The van der Waals surface area contributed by atoms with Gasteiger partial charge in [-0.2, -0.15) is 0 Å². The minimum Gasteiger partial charge on any atom is -0.497 e. The van der Waals surface area contributed by atoms with Crippen molar-refractivity contribution in [2.24, 2.45) is 0 Å². The summed E-state index contributed by atoms with van der Waals surface area (Å²) in [5, 5.41) is 4.66. The first-order valence-electron chi connectivity index (χ1n) is 12.4. The number of benzene rings is 3. The monoisotopic (exact) mass is 490 g/mol. The number of methoxy groups -OCH3 is 2. The number of ether oxygens (including phenoxy) is 2. The minimum atomic E-state index is -0.277. The molecule has 0 spiro atoms. The second kappa shape index (κ2) is 8.27. The summed E-state index contributed by atoms with van der Waals surface area (Å²) >= 11 is 0. The third kappa shape index (κ3) is 3.27. The number of nitrogens with zero attached hydrogens (tertiary/aromatic N) is 2. The summed E-state index contributed by atoms with van der Waals surface area (Å²) in [7, 11) is 3.29. The Morgan fingerprint density at radius 1 is 0.946 bits per heavy atom. The third-order valence-electron chi connectivity index (χ3n) is 7.69. The molecule has 0 unspecified atom stereocenters. The van der Waals surface area contributed by atoms with Crippen LogP contribution in [0.5, 0.6) is 11.5 Å². The van der Waals surface area contributed by atoms with Gasteiger partial charge in [0.2, 0.25) is 5.95 Å². The van der Waals surface area contributed by atoms with Crippen LogP contribution in [0, 0.1) is 0 Å². The number of carbonyl (C=O) groups is 1. The normalized spacial score (nSPS) is 19.0. The molecular weight excluding hydrogens is 464 g/mol. The smallest absolute Gasteiger partial charge is 0.209 e. The number of carbonyl (C=O) groups excluding carboxylic acids is 1. The number of hydrogen-bond donors (Lipinski definition) is 2. The molecule has 7 heteroatoms. The van der Waals surface area contributed by atoms with E-state index in [4.69, 9.17) is 14.5 Å². The fraction of sp³-hybridized carbons (Fsp3) is 0.200. The number of allylic oxidation sites excluding steroid dienone is 2. The van der Waals surface area contributed by atoms with E-state index in [0.717, 1.165) is 61.8 Å². The third-order valence-corrected chi connectivity index (χ3v) is 7.69. The van der Waals surface area contributed by atoms with Crippen molar-refractivity contribution in [2.75, 3.05) is 19.5 Å². The van der Waals surface area contributed by atoms with Gasteiger partial charge in [0, 0.05) is 52.3 Å². The lowest BCUT2D eigenvalue weighted by Crippen LogP contribution is -2.33. The average Bonchev–Trinajstić information content (AvgIpc) is 3.52. The molecule has 1 aliphatic heterocycles. The highest BCUT2D eigenvalue weighted by molar-refractivity contribution is 6.02. The van der Waals surface area contributed by atoms with Gasteiger partial charge in [-0.25, -0.2) is 4.98 Å². The lowest BCUT2D eigenvalue weighted by atomic mass is 9.77. The molecular formula is C30H26N4O3. The highest BCUT2D eigenvalue weighted by atomic mass is 16.5. The molecule has 0 radical (unpaired) electrons. The Labute approximate surface area is 213 Å². The number of aromatic nitrogens is 3. The van der Waals surface area contributed by atoms with Crippen molar-refractivity contribution in [3.8, 4) is 11.5 Å². The number of anilines is 1. The number of hydrogen-bond acceptors (Lipinski definition) is 5. The second-order valence-electron chi connectivity index (χ2n) is 9.64. The predicted octanol–water partition coefficient (Wildman–Crippen LogP) is 5.95. The first-order valence-corrected chi connectivity index (χ1v) is 12.4. The predicted molar refractivity (Wildman–Crippen MR) is 143 cm³/mol. The van der Waals surface area contributed by atoms with E-state index in [1.165, 1.54) is 0 Å². The van der Waals surface area contributed by atoms with Crippen LogP contribution in [0.25, 0.3) is 21.9 Å². The number of ketones is 1. The van der Waals surface area contributed by atoms with Crippen LogP contribution in [-0.2, 0) is 4.79 Å². The van der Waals surface area contributed by atoms with Crippen molar-refractivity contribution in [2.45, 2.75) is 24.8 Å². The van der Waals surface area contributed by atoms with E-state index < -0.39 is 0 Å². The maximum Gasteiger partial charge on any atom is 0.209 e. The Kier molecular flexibility index (Phi) is 4.86. The molecule has 2 aromatic heterocycles. The maximum absolute atomic E-state index is 14.0. The summed E-state index contributed by atoms with van der Waals surface area (Å²) in [6.07, 6.45) is 3.13. The average molecular weight is 491 g/mol. The molecule has 7 rings (SSSR count). The van der Waals surface area contributed by atoms with Crippen LogP contribution >= 0.6 is 0 Å². The number of aromatic amines is 1. The Balaban J connectivity index is 1.41. The highest BCUT2D eigenvalue weighted by Crippen LogP contribution is 2.48. The molecule has 2 aliphatic rings. The Morgan fingerprint density at radius 2 is 1.78 bits per heavy atom. The summed E-state index contributed by atoms with van der Waals surface area (Å²) in [4.78, 5) is 22.4. The van der Waals surface area contributed by atoms with Crippen LogP contribution in [-0.4, -0.2) is 34.5 Å². The molecule has 5 aromatic rings. The zero-order valence-corrected chi connectivity index (χ0v) is 20.6. The first-order chi connectivity index (χ1) is 18.2. The van der Waals surface area contributed by atoms with E-state index in [9.17, 15) is 4.79 Å². The van der Waals surface area contributed by atoms with Gasteiger partial charge in [0.1, 0.15) is 11.5 Å². The zero-order chi connectivity index (χ0) is 25.1. The molecule has 184 valence electrons. The molecule has 0 fully saturated rings. The summed E-state index contributed by atoms with van der Waals surface area (Å²) in [5.74, 6) is 2.34. The maximum atomic E-state index is 14.0. The fourth-order valence-corrected chi connectivity index (χ4v) is 6.01. The van der Waals surface area contributed by atoms with E-state index in [1.54, 1.807) is 14.2 Å². The fourth-order valence-electron chi connectivity index (χ4n) is 6.01. The van der Waals surface area contributed by atoms with Crippen molar-refractivity contribution in [1.82, 2.24) is 14.5 Å². The Morgan fingerprint density at radius 3 is 2.65 bits per heavy atom. The van der Waals surface area contributed by atoms with Gasteiger partial charge in [0.15, 0.2) is 5.78 Å². The van der Waals surface area contributed by atoms with Crippen LogP contribution < -0.4 is 14.8 Å². The van der Waals surface area contributed by atoms with Gasteiger partial charge in [0.05, 0.1) is 31.3 Å². The van der Waals surface area contributed by atoms with Gasteiger partial charge < -0.3 is 19.8 Å². The van der Waals surface area contributed by atoms with Crippen LogP contribution in [0.4, 0.5) is 5.95 Å². The number of fused-ring (bicyclic) bond motifs is 4. The first kappa shape index (κ1) is 21.7. The topological polar surface area (TPSA) is 81.2 Å². The summed E-state index contributed by atoms with van der Waals surface area (Å²) in [5.41, 5.74) is 6.76. The lowest BCUT2D eigenvalue weighted by molar-refractivity contribution is -0.116. The number of H-pyrrole nitrogens is 1. The SMILES string of the molecule is COc1ccc([C@H]2CC(=O)C3=C(C2)Nc2nc4ccccc4n2[C@H]3c2c[nH]c3ccccc23)c(OC)c1. The van der Waals surface area contributed by atoms with E-state index in [2.05, 4.69) is 33.1 Å². The molecule has 37 heavy (non-hydrogen) atoms. The summed E-state index contributed by atoms with van der Waals surface area (Å²) in [6.45, 7) is 0. The molecule has 2 atom stereocenters. The van der Waals surface area contributed by atoms with Gasteiger partial charge in [-0.3, -0.25) is 9.36 Å². The standard InChI is InChI=1S/C30H26N4O3/c1-36-18-11-12-19(27(15-18)37-2)17-13-24-28(26(35)14-17)29(21-16-31-22-8-4-3-7-20(21)22)34-25-10-6-5-9-23(25)32-30(34)33-24/h3-12,15-17,29,31H,13-14H2,1-2H3,(H,32,33)/t17-,29+/m1/s1. The number of para-hydroxylation sites is 3. The van der Waals surface area contributed by atoms with Crippen LogP contribution in [0.3, 0.4) is 0 Å². The molecule has 3 aromatic carbocycles. The van der Waals surface area contributed by atoms with Crippen molar-refractivity contribution in [1.29, 1.82) is 0 Å². The molecule has 7 nitrogen and oxygen atoms in total. The van der Waals surface area contributed by atoms with E-state index >= 15 is 0 Å². The quantitative estimate of drug-likeness (QED) is 0.325. The molecule has 0 amide bonds. The number of Topliss-reactive ketones (excluding diaryl/α,β-unsaturated/α-hetero) is 1. The van der Waals surface area contributed by atoms with E-state index in [1.807, 2.05) is 54.7 Å². The minimum absolute atomic E-state index is 0.0147. The van der Waals surface area contributed by atoms with Gasteiger partial charge in [-0.1, -0.05) is 36.4 Å². The second-order valence-corrected chi connectivity index (χ2v) is 9.64. The van der Waals surface area contributed by atoms with Crippen molar-refractivity contribution < 1.29 is 14.3 Å². The van der Waals surface area contributed by atoms with Crippen LogP contribution in [0.1, 0.15) is 35.9 Å². The van der Waals surface area contributed by atoms with Crippen molar-refractivity contribution >= 4 is 33.7 Å². The van der Waals surface area contributed by atoms with E-state index in [-0.39, 0.29) is 17.7 Å². The molecule has 3 heterocycles. The molecule has 0 bridgehead atoms. The molecule has 2 N–H and O–H groups in total. The number of imidazole rings is 1. The van der Waals surface area contributed by atoms with Gasteiger partial charge in [-0.05, 0) is 36.2 Å². The number of nitrogens with one attached hydrogen (secondary N) is 2. The Bertz CT molecular complexity index is 1730. The zero-order valence-electron chi connectivity index (χ0n) is 20.6.